The van der Waals surface area contributed by atoms with Crippen molar-refractivity contribution in [2.24, 2.45) is 5.92 Å². The summed E-state index contributed by atoms with van der Waals surface area (Å²) in [6.07, 6.45) is 2.45. The summed E-state index contributed by atoms with van der Waals surface area (Å²) >= 11 is 0. The standard InChI is InChI=1S/C27H27F5O/c1-2-3-17-4-6-18(7-5-17)19-8-11-22(24(28)15-19)20-9-12-23-21(14-20)10-13-25(26(23)29)33-16-27(30,31)32/h8-15,17-18H,2-7,16H2,1H3. The fraction of sp³-hybridized carbons (Fsp3) is 0.407. The van der Waals surface area contributed by atoms with Crippen molar-refractivity contribution in [3.05, 3.63) is 65.7 Å². The van der Waals surface area contributed by atoms with Crippen molar-refractivity contribution in [2.45, 2.75) is 57.5 Å². The zero-order valence-electron chi connectivity index (χ0n) is 18.5. The molecule has 176 valence electrons. The van der Waals surface area contributed by atoms with Crippen molar-refractivity contribution >= 4 is 10.8 Å². The van der Waals surface area contributed by atoms with Crippen LogP contribution in [0.25, 0.3) is 21.9 Å². The van der Waals surface area contributed by atoms with Gasteiger partial charge in [0, 0.05) is 10.9 Å². The van der Waals surface area contributed by atoms with Crippen LogP contribution in [0.5, 0.6) is 5.75 Å². The maximum absolute atomic E-state index is 15.0. The number of benzene rings is 3. The predicted molar refractivity (Wildman–Crippen MR) is 120 cm³/mol. The average molecular weight is 463 g/mol. The third kappa shape index (κ3) is 5.48. The second-order valence-corrected chi connectivity index (χ2v) is 8.96. The van der Waals surface area contributed by atoms with Gasteiger partial charge in [-0.25, -0.2) is 8.78 Å². The molecule has 0 amide bonds. The van der Waals surface area contributed by atoms with E-state index in [4.69, 9.17) is 0 Å². The highest BCUT2D eigenvalue weighted by atomic mass is 19.4. The number of hydrogen-bond donors (Lipinski definition) is 0. The van der Waals surface area contributed by atoms with Crippen molar-refractivity contribution in [1.82, 2.24) is 0 Å². The number of ether oxygens (including phenoxy) is 1. The molecule has 0 bridgehead atoms. The first-order chi connectivity index (χ1) is 15.7. The zero-order chi connectivity index (χ0) is 23.6. The van der Waals surface area contributed by atoms with Crippen LogP contribution in [0.15, 0.2) is 48.5 Å². The Kier molecular flexibility index (Phi) is 6.91. The van der Waals surface area contributed by atoms with E-state index >= 15 is 4.39 Å². The minimum Gasteiger partial charge on any atom is -0.481 e. The normalized spacial score (nSPS) is 19.1. The highest BCUT2D eigenvalue weighted by Crippen LogP contribution is 2.39. The lowest BCUT2D eigenvalue weighted by atomic mass is 9.77. The molecule has 33 heavy (non-hydrogen) atoms. The SMILES string of the molecule is CCCC1CCC(c2ccc(-c3ccc4c(F)c(OCC(F)(F)F)ccc4c3)c(F)c2)CC1. The van der Waals surface area contributed by atoms with Crippen LogP contribution in [-0.4, -0.2) is 12.8 Å². The molecule has 3 aromatic carbocycles. The minimum absolute atomic E-state index is 0.124. The van der Waals surface area contributed by atoms with Gasteiger partial charge in [-0.2, -0.15) is 13.2 Å². The van der Waals surface area contributed by atoms with Gasteiger partial charge in [0.25, 0.3) is 0 Å². The molecule has 0 unspecified atom stereocenters. The first-order valence-electron chi connectivity index (χ1n) is 11.5. The van der Waals surface area contributed by atoms with Gasteiger partial charge in [-0.05, 0) is 72.2 Å². The van der Waals surface area contributed by atoms with E-state index in [2.05, 4.69) is 11.7 Å². The molecule has 1 aliphatic carbocycles. The van der Waals surface area contributed by atoms with Crippen molar-refractivity contribution in [1.29, 1.82) is 0 Å². The van der Waals surface area contributed by atoms with Crippen LogP contribution in [0.3, 0.4) is 0 Å². The third-order valence-electron chi connectivity index (χ3n) is 6.63. The summed E-state index contributed by atoms with van der Waals surface area (Å²) < 4.78 is 71.4. The average Bonchev–Trinajstić information content (AvgIpc) is 2.78. The Balaban J connectivity index is 1.54. The maximum atomic E-state index is 15.0. The fourth-order valence-corrected chi connectivity index (χ4v) is 4.92. The molecule has 0 heterocycles. The minimum atomic E-state index is -4.55. The summed E-state index contributed by atoms with van der Waals surface area (Å²) in [6, 6.07) is 12.7. The second kappa shape index (κ2) is 9.70. The van der Waals surface area contributed by atoms with Gasteiger partial charge in [0.2, 0.25) is 0 Å². The summed E-state index contributed by atoms with van der Waals surface area (Å²) in [4.78, 5) is 0. The van der Waals surface area contributed by atoms with E-state index < -0.39 is 24.3 Å². The van der Waals surface area contributed by atoms with E-state index in [0.717, 1.165) is 24.3 Å². The Morgan fingerprint density at radius 2 is 1.67 bits per heavy atom. The van der Waals surface area contributed by atoms with Crippen molar-refractivity contribution < 1.29 is 26.7 Å². The van der Waals surface area contributed by atoms with Gasteiger partial charge in [0.1, 0.15) is 5.82 Å². The monoisotopic (exact) mass is 462 g/mol. The van der Waals surface area contributed by atoms with E-state index in [1.165, 1.54) is 43.9 Å². The first kappa shape index (κ1) is 23.5. The molecule has 0 saturated heterocycles. The van der Waals surface area contributed by atoms with E-state index in [0.29, 0.717) is 22.4 Å². The smallest absolute Gasteiger partial charge is 0.422 e. The molecule has 4 rings (SSSR count). The van der Waals surface area contributed by atoms with Crippen LogP contribution in [0, 0.1) is 17.6 Å². The van der Waals surface area contributed by atoms with Crippen LogP contribution in [0.4, 0.5) is 22.0 Å². The predicted octanol–water partition coefficient (Wildman–Crippen LogP) is 8.80. The lowest BCUT2D eigenvalue weighted by Crippen LogP contribution is -2.19. The van der Waals surface area contributed by atoms with Crippen LogP contribution in [-0.2, 0) is 0 Å². The molecule has 0 N–H and O–H groups in total. The largest absolute Gasteiger partial charge is 0.481 e. The summed E-state index contributed by atoms with van der Waals surface area (Å²) in [5.74, 6) is -0.488. The van der Waals surface area contributed by atoms with Gasteiger partial charge in [-0.3, -0.25) is 0 Å². The zero-order valence-corrected chi connectivity index (χ0v) is 18.5. The molecule has 1 aliphatic rings. The first-order valence-corrected chi connectivity index (χ1v) is 11.5. The Hall–Kier alpha value is -2.63. The van der Waals surface area contributed by atoms with Gasteiger partial charge in [-0.15, -0.1) is 0 Å². The molecule has 0 radical (unpaired) electrons. The Morgan fingerprint density at radius 3 is 2.33 bits per heavy atom. The topological polar surface area (TPSA) is 9.23 Å². The Bertz CT molecular complexity index is 1110. The molecule has 1 nitrogen and oxygen atoms in total. The quantitative estimate of drug-likeness (QED) is 0.333. The summed E-state index contributed by atoms with van der Waals surface area (Å²) in [6.45, 7) is 0.646. The molecule has 3 aromatic rings. The fourth-order valence-electron chi connectivity index (χ4n) is 4.92. The van der Waals surface area contributed by atoms with Gasteiger partial charge < -0.3 is 4.74 Å². The van der Waals surface area contributed by atoms with Crippen molar-refractivity contribution in [3.63, 3.8) is 0 Å². The van der Waals surface area contributed by atoms with E-state index in [1.54, 1.807) is 24.3 Å². The number of rotatable bonds is 6. The van der Waals surface area contributed by atoms with E-state index in [1.807, 2.05) is 6.07 Å². The lowest BCUT2D eigenvalue weighted by molar-refractivity contribution is -0.153. The van der Waals surface area contributed by atoms with Gasteiger partial charge in [0.15, 0.2) is 18.2 Å². The van der Waals surface area contributed by atoms with Crippen LogP contribution in [0.2, 0.25) is 0 Å². The van der Waals surface area contributed by atoms with Crippen molar-refractivity contribution in [2.75, 3.05) is 6.61 Å². The van der Waals surface area contributed by atoms with Crippen molar-refractivity contribution in [3.8, 4) is 16.9 Å². The number of alkyl halides is 3. The number of halogens is 5. The molecule has 1 fully saturated rings. The van der Waals surface area contributed by atoms with Gasteiger partial charge in [-0.1, -0.05) is 50.1 Å². The van der Waals surface area contributed by atoms with E-state index in [-0.39, 0.29) is 11.2 Å². The Morgan fingerprint density at radius 1 is 0.909 bits per heavy atom. The van der Waals surface area contributed by atoms with Gasteiger partial charge >= 0.3 is 6.18 Å². The van der Waals surface area contributed by atoms with Gasteiger partial charge in [0.05, 0.1) is 0 Å². The molecule has 0 aliphatic heterocycles. The molecule has 0 spiro atoms. The third-order valence-corrected chi connectivity index (χ3v) is 6.63. The lowest BCUT2D eigenvalue weighted by Gasteiger charge is -2.28. The summed E-state index contributed by atoms with van der Waals surface area (Å²) in [5, 5.41) is 0.585. The van der Waals surface area contributed by atoms with Crippen LogP contribution < -0.4 is 4.74 Å². The number of hydrogen-bond acceptors (Lipinski definition) is 1. The number of fused-ring (bicyclic) bond motifs is 1. The second-order valence-electron chi connectivity index (χ2n) is 8.96. The highest BCUT2D eigenvalue weighted by molar-refractivity contribution is 5.89. The molecular weight excluding hydrogens is 435 g/mol. The molecular formula is C27H27F5O. The molecule has 6 heteroatoms. The van der Waals surface area contributed by atoms with E-state index in [9.17, 15) is 17.6 Å². The molecule has 1 saturated carbocycles. The highest BCUT2D eigenvalue weighted by Gasteiger charge is 2.29. The Labute approximate surface area is 190 Å². The summed E-state index contributed by atoms with van der Waals surface area (Å²) in [5.41, 5.74) is 2.02. The molecule has 0 aromatic heterocycles. The molecule has 0 atom stereocenters. The maximum Gasteiger partial charge on any atom is 0.422 e. The summed E-state index contributed by atoms with van der Waals surface area (Å²) in [7, 11) is 0. The van der Waals surface area contributed by atoms with Crippen LogP contribution in [0.1, 0.15) is 56.9 Å². The van der Waals surface area contributed by atoms with Crippen LogP contribution >= 0.6 is 0 Å².